The van der Waals surface area contributed by atoms with Crippen LogP contribution in [0.15, 0.2) is 30.3 Å². The van der Waals surface area contributed by atoms with Gasteiger partial charge in [0.15, 0.2) is 6.29 Å². The van der Waals surface area contributed by atoms with E-state index in [1.807, 2.05) is 0 Å². The third-order valence-corrected chi connectivity index (χ3v) is 7.53. The Morgan fingerprint density at radius 3 is 2.20 bits per heavy atom. The summed E-state index contributed by atoms with van der Waals surface area (Å²) in [6.07, 6.45) is 2.21. The first-order valence-electron chi connectivity index (χ1n) is 11.9. The minimum Gasteiger partial charge on any atom is -0.429 e. The largest absolute Gasteiger partial charge is 0.431 e. The maximum absolute atomic E-state index is 14.8. The van der Waals surface area contributed by atoms with Gasteiger partial charge >= 0.3 is 6.11 Å². The molecule has 1 heterocycles. The van der Waals surface area contributed by atoms with Crippen LogP contribution in [0.4, 0.5) is 17.6 Å². The van der Waals surface area contributed by atoms with Crippen LogP contribution in [0, 0.1) is 29.4 Å². The summed E-state index contributed by atoms with van der Waals surface area (Å²) in [6, 6.07) is 4.82. The molecule has 2 aliphatic rings. The number of rotatable bonds is 7. The minimum absolute atomic E-state index is 0.210. The van der Waals surface area contributed by atoms with E-state index < -0.39 is 45.4 Å². The summed E-state index contributed by atoms with van der Waals surface area (Å²) < 4.78 is 73.9. The number of benzene rings is 2. The summed E-state index contributed by atoms with van der Waals surface area (Å²) in [7, 11) is 0. The summed E-state index contributed by atoms with van der Waals surface area (Å²) in [4.78, 5) is 0. The molecule has 1 saturated heterocycles. The highest BCUT2D eigenvalue weighted by Gasteiger charge is 2.41. The van der Waals surface area contributed by atoms with Crippen LogP contribution in [0.3, 0.4) is 0 Å². The molecule has 9 heteroatoms. The second-order valence-electron chi connectivity index (χ2n) is 9.38. The molecule has 0 bridgehead atoms. The normalized spacial score (nSPS) is 25.5. The Balaban J connectivity index is 1.40. The molecule has 3 nitrogen and oxygen atoms in total. The van der Waals surface area contributed by atoms with Crippen LogP contribution < -0.4 is 4.74 Å². The van der Waals surface area contributed by atoms with Crippen molar-refractivity contribution in [1.82, 2.24) is 0 Å². The molecule has 0 radical (unpaired) electrons. The van der Waals surface area contributed by atoms with Crippen molar-refractivity contribution in [2.45, 2.75) is 57.8 Å². The second kappa shape index (κ2) is 11.2. The Hall–Kier alpha value is -1.54. The zero-order chi connectivity index (χ0) is 25.2. The third-order valence-electron chi connectivity index (χ3n) is 6.94. The summed E-state index contributed by atoms with van der Waals surface area (Å²) in [5.74, 6) is -0.907. The molecular weight excluding hydrogens is 507 g/mol. The molecule has 4 rings (SSSR count). The first-order chi connectivity index (χ1) is 16.7. The van der Waals surface area contributed by atoms with Crippen molar-refractivity contribution in [3.8, 4) is 5.75 Å². The van der Waals surface area contributed by atoms with Gasteiger partial charge in [-0.15, -0.1) is 0 Å². The average molecular weight is 535 g/mol. The lowest BCUT2D eigenvalue weighted by Gasteiger charge is -2.38. The maximum atomic E-state index is 14.8. The van der Waals surface area contributed by atoms with Crippen molar-refractivity contribution in [3.05, 3.63) is 63.1 Å². The molecule has 0 atom stereocenters. The van der Waals surface area contributed by atoms with Crippen molar-refractivity contribution in [1.29, 1.82) is 0 Å². The molecule has 0 N–H and O–H groups in total. The molecule has 2 aromatic carbocycles. The number of hydrogen-bond acceptors (Lipinski definition) is 3. The lowest BCUT2D eigenvalue weighted by Crippen LogP contribution is -2.34. The van der Waals surface area contributed by atoms with Crippen molar-refractivity contribution >= 4 is 23.2 Å². The topological polar surface area (TPSA) is 27.7 Å². The van der Waals surface area contributed by atoms with E-state index in [4.69, 9.17) is 32.7 Å². The summed E-state index contributed by atoms with van der Waals surface area (Å²) in [6.45, 7) is 3.13. The van der Waals surface area contributed by atoms with E-state index in [-0.39, 0.29) is 11.5 Å². The Morgan fingerprint density at radius 2 is 1.60 bits per heavy atom. The highest BCUT2D eigenvalue weighted by molar-refractivity contribution is 6.31. The highest BCUT2D eigenvalue weighted by Crippen LogP contribution is 2.42. The van der Waals surface area contributed by atoms with Crippen molar-refractivity contribution in [2.24, 2.45) is 17.8 Å². The molecule has 0 spiro atoms. The van der Waals surface area contributed by atoms with Gasteiger partial charge in [-0.25, -0.2) is 8.78 Å². The summed E-state index contributed by atoms with van der Waals surface area (Å²) in [5.41, 5.74) is -0.928. The maximum Gasteiger partial charge on any atom is 0.431 e. The van der Waals surface area contributed by atoms with E-state index in [0.717, 1.165) is 43.0 Å². The van der Waals surface area contributed by atoms with Gasteiger partial charge in [0.25, 0.3) is 0 Å². The van der Waals surface area contributed by atoms with E-state index in [9.17, 15) is 17.6 Å². The molecule has 0 aromatic heterocycles. The van der Waals surface area contributed by atoms with Crippen LogP contribution in [0.1, 0.15) is 62.9 Å². The minimum atomic E-state index is -4.13. The molecule has 192 valence electrons. The monoisotopic (exact) mass is 534 g/mol. The molecule has 0 amide bonds. The van der Waals surface area contributed by atoms with E-state index >= 15 is 0 Å². The van der Waals surface area contributed by atoms with Crippen LogP contribution in [-0.4, -0.2) is 13.2 Å². The van der Waals surface area contributed by atoms with E-state index in [0.29, 0.717) is 19.1 Å². The summed E-state index contributed by atoms with van der Waals surface area (Å²) in [5, 5.41) is -0.944. The van der Waals surface area contributed by atoms with E-state index in [2.05, 4.69) is 11.7 Å². The van der Waals surface area contributed by atoms with Crippen LogP contribution in [0.5, 0.6) is 5.75 Å². The number of ether oxygens (including phenoxy) is 3. The molecular formula is C26H28Cl2F4O3. The van der Waals surface area contributed by atoms with Crippen molar-refractivity contribution in [2.75, 3.05) is 13.2 Å². The molecule has 2 fully saturated rings. The second-order valence-corrected chi connectivity index (χ2v) is 10.2. The Bertz CT molecular complexity index is 997. The van der Waals surface area contributed by atoms with Gasteiger partial charge in [0.1, 0.15) is 22.9 Å². The van der Waals surface area contributed by atoms with Crippen molar-refractivity contribution < 1.29 is 31.8 Å². The van der Waals surface area contributed by atoms with Crippen LogP contribution in [0.25, 0.3) is 0 Å². The predicted molar refractivity (Wildman–Crippen MR) is 126 cm³/mol. The molecule has 1 aliphatic heterocycles. The number of alkyl halides is 2. The zero-order valence-corrected chi connectivity index (χ0v) is 20.9. The quantitative estimate of drug-likeness (QED) is 0.332. The molecule has 0 unspecified atom stereocenters. The van der Waals surface area contributed by atoms with Gasteiger partial charge in [0, 0.05) is 17.5 Å². The molecule has 2 aromatic rings. The third kappa shape index (κ3) is 6.24. The van der Waals surface area contributed by atoms with Gasteiger partial charge in [-0.1, -0.05) is 55.8 Å². The Labute approximate surface area is 212 Å². The lowest BCUT2D eigenvalue weighted by molar-refractivity contribution is -0.215. The lowest BCUT2D eigenvalue weighted by atomic mass is 9.75. The Kier molecular flexibility index (Phi) is 8.52. The van der Waals surface area contributed by atoms with Gasteiger partial charge in [-0.05, 0) is 48.9 Å². The van der Waals surface area contributed by atoms with Gasteiger partial charge in [0.2, 0.25) is 0 Å². The van der Waals surface area contributed by atoms with Crippen LogP contribution in [-0.2, 0) is 15.6 Å². The highest BCUT2D eigenvalue weighted by atomic mass is 35.5. The fraction of sp³-hybridized carbons (Fsp3) is 0.538. The standard InChI is InChI=1S/C26H28Cl2F4O3/c1-2-3-15-4-6-16(7-5-15)18-13-33-25(34-14-18)17-10-21(28)24(23(30)11-17)26(31,32)35-19-8-9-22(29)20(27)12-19/h8-12,15-16,18,25H,2-7,13-14H2,1H3. The van der Waals surface area contributed by atoms with Gasteiger partial charge < -0.3 is 14.2 Å². The van der Waals surface area contributed by atoms with E-state index in [1.54, 1.807) is 0 Å². The summed E-state index contributed by atoms with van der Waals surface area (Å²) >= 11 is 11.7. The first-order valence-corrected chi connectivity index (χ1v) is 12.7. The van der Waals surface area contributed by atoms with Crippen molar-refractivity contribution in [3.63, 3.8) is 0 Å². The number of hydrogen-bond donors (Lipinski definition) is 0. The number of halogens is 6. The molecule has 1 saturated carbocycles. The van der Waals surface area contributed by atoms with Gasteiger partial charge in [0.05, 0.1) is 23.3 Å². The Morgan fingerprint density at radius 1 is 0.914 bits per heavy atom. The fourth-order valence-electron chi connectivity index (χ4n) is 5.09. The smallest absolute Gasteiger partial charge is 0.429 e. The predicted octanol–water partition coefficient (Wildman–Crippen LogP) is 8.67. The zero-order valence-electron chi connectivity index (χ0n) is 19.3. The van der Waals surface area contributed by atoms with Gasteiger partial charge in [-0.3, -0.25) is 0 Å². The fourth-order valence-corrected chi connectivity index (χ4v) is 5.58. The SMILES string of the molecule is CCCC1CCC(C2COC(c3cc(F)c(C(F)(F)Oc4ccc(F)c(Cl)c4)c(Cl)c3)OC2)CC1. The van der Waals surface area contributed by atoms with Gasteiger partial charge in [-0.2, -0.15) is 8.78 Å². The van der Waals surface area contributed by atoms with E-state index in [1.165, 1.54) is 31.7 Å². The van der Waals surface area contributed by atoms with Crippen LogP contribution >= 0.6 is 23.2 Å². The molecule has 1 aliphatic carbocycles. The first kappa shape index (κ1) is 26.5. The molecule has 35 heavy (non-hydrogen) atoms. The van der Waals surface area contributed by atoms with Crippen LogP contribution in [0.2, 0.25) is 10.0 Å². The average Bonchev–Trinajstić information content (AvgIpc) is 2.81.